The Hall–Kier alpha value is -1.26. The van der Waals surface area contributed by atoms with Crippen LogP contribution in [0.25, 0.3) is 10.8 Å². The molecular weight excluding hydrogens is 320 g/mol. The molecule has 0 saturated carbocycles. The number of ether oxygens (including phenoxy) is 2. The zero-order valence-corrected chi connectivity index (χ0v) is 13.3. The van der Waals surface area contributed by atoms with E-state index in [1.54, 1.807) is 7.11 Å². The number of fused-ring (bicyclic) bond motifs is 3. The summed E-state index contributed by atoms with van der Waals surface area (Å²) < 4.78 is 12.5. The molecule has 3 rings (SSSR count). The van der Waals surface area contributed by atoms with Crippen molar-refractivity contribution in [2.45, 2.75) is 32.0 Å². The van der Waals surface area contributed by atoms with E-state index in [2.05, 4.69) is 15.9 Å². The second-order valence-corrected chi connectivity index (χ2v) is 6.42. The molecule has 0 aromatic heterocycles. The van der Waals surface area contributed by atoms with Gasteiger partial charge in [0.25, 0.3) is 0 Å². The number of hydrogen-bond acceptors (Lipinski definition) is 3. The van der Waals surface area contributed by atoms with Gasteiger partial charge < -0.3 is 14.6 Å². The van der Waals surface area contributed by atoms with Crippen LogP contribution in [-0.2, 0) is 6.42 Å². The lowest BCUT2D eigenvalue weighted by molar-refractivity contribution is -0.0402. The van der Waals surface area contributed by atoms with E-state index >= 15 is 0 Å². The molecule has 0 radical (unpaired) electrons. The van der Waals surface area contributed by atoms with Crippen LogP contribution in [0.1, 0.15) is 19.4 Å². The minimum atomic E-state index is -0.593. The fraction of sp³-hybridized carbons (Fsp3) is 0.375. The Morgan fingerprint density at radius 3 is 2.60 bits per heavy atom. The van der Waals surface area contributed by atoms with E-state index in [1.807, 2.05) is 38.1 Å². The van der Waals surface area contributed by atoms with Crippen LogP contribution < -0.4 is 9.47 Å². The van der Waals surface area contributed by atoms with Crippen molar-refractivity contribution in [1.29, 1.82) is 0 Å². The highest BCUT2D eigenvalue weighted by Crippen LogP contribution is 2.48. The second kappa shape index (κ2) is 4.64. The summed E-state index contributed by atoms with van der Waals surface area (Å²) in [5, 5.41) is 12.3. The molecule has 0 spiro atoms. The van der Waals surface area contributed by atoms with E-state index in [9.17, 15) is 5.11 Å². The summed E-state index contributed by atoms with van der Waals surface area (Å²) in [6.45, 7) is 3.82. The highest BCUT2D eigenvalue weighted by atomic mass is 79.9. The van der Waals surface area contributed by atoms with Crippen LogP contribution in [0.5, 0.6) is 11.5 Å². The van der Waals surface area contributed by atoms with Gasteiger partial charge in [0, 0.05) is 22.8 Å². The molecule has 2 aromatic carbocycles. The number of benzene rings is 2. The Morgan fingerprint density at radius 1 is 1.30 bits per heavy atom. The fourth-order valence-electron chi connectivity index (χ4n) is 2.67. The van der Waals surface area contributed by atoms with Gasteiger partial charge in [0.15, 0.2) is 0 Å². The maximum atomic E-state index is 10.3. The zero-order chi connectivity index (χ0) is 14.5. The van der Waals surface area contributed by atoms with Gasteiger partial charge in [-0.15, -0.1) is 0 Å². The number of aliphatic hydroxyl groups excluding tert-OH is 1. The molecule has 1 atom stereocenters. The third-order valence-electron chi connectivity index (χ3n) is 3.92. The maximum absolute atomic E-state index is 10.3. The Morgan fingerprint density at radius 2 is 1.95 bits per heavy atom. The molecular formula is C16H17BrO3. The van der Waals surface area contributed by atoms with Crippen LogP contribution in [0.15, 0.2) is 28.7 Å². The fourth-order valence-corrected chi connectivity index (χ4v) is 3.38. The summed E-state index contributed by atoms with van der Waals surface area (Å²) in [5.74, 6) is 1.62. The van der Waals surface area contributed by atoms with E-state index in [1.165, 1.54) is 0 Å². The van der Waals surface area contributed by atoms with Crippen LogP contribution in [0.3, 0.4) is 0 Å². The minimum Gasteiger partial charge on any atom is -0.495 e. The van der Waals surface area contributed by atoms with Gasteiger partial charge in [-0.2, -0.15) is 0 Å². The van der Waals surface area contributed by atoms with Crippen LogP contribution >= 0.6 is 15.9 Å². The van der Waals surface area contributed by atoms with Crippen molar-refractivity contribution in [1.82, 2.24) is 0 Å². The minimum absolute atomic E-state index is 0.544. The molecule has 1 aliphatic heterocycles. The molecule has 0 aliphatic carbocycles. The van der Waals surface area contributed by atoms with E-state index in [-0.39, 0.29) is 0 Å². The summed E-state index contributed by atoms with van der Waals surface area (Å²) in [4.78, 5) is 0. The molecule has 2 aromatic rings. The topological polar surface area (TPSA) is 38.7 Å². The van der Waals surface area contributed by atoms with E-state index < -0.39 is 11.7 Å². The second-order valence-electron chi connectivity index (χ2n) is 5.63. The van der Waals surface area contributed by atoms with Crippen LogP contribution in [-0.4, -0.2) is 23.9 Å². The van der Waals surface area contributed by atoms with Crippen molar-refractivity contribution >= 4 is 26.7 Å². The van der Waals surface area contributed by atoms with Gasteiger partial charge in [-0.25, -0.2) is 0 Å². The van der Waals surface area contributed by atoms with Crippen molar-refractivity contribution in [2.24, 2.45) is 0 Å². The van der Waals surface area contributed by atoms with Crippen molar-refractivity contribution in [3.05, 3.63) is 34.3 Å². The maximum Gasteiger partial charge on any atom is 0.141 e. The van der Waals surface area contributed by atoms with Crippen molar-refractivity contribution < 1.29 is 14.6 Å². The molecule has 0 bridgehead atoms. The average molecular weight is 337 g/mol. The highest BCUT2D eigenvalue weighted by Gasteiger charge is 2.38. The lowest BCUT2D eigenvalue weighted by atomic mass is 9.89. The quantitative estimate of drug-likeness (QED) is 0.863. The molecule has 0 amide bonds. The SMILES string of the molecule is COc1c(Br)c2c(c3ccccc13)OC(C)(C)C(O)C2. The molecule has 0 fully saturated rings. The van der Waals surface area contributed by atoms with Crippen LogP contribution in [0.4, 0.5) is 0 Å². The average Bonchev–Trinajstić information content (AvgIpc) is 2.42. The Kier molecular flexibility index (Phi) is 3.18. The van der Waals surface area contributed by atoms with Crippen molar-refractivity contribution in [2.75, 3.05) is 7.11 Å². The van der Waals surface area contributed by atoms with Gasteiger partial charge in [-0.1, -0.05) is 24.3 Å². The summed E-state index contributed by atoms with van der Waals surface area (Å²) in [5.41, 5.74) is 0.372. The van der Waals surface area contributed by atoms with Gasteiger partial charge in [-0.3, -0.25) is 0 Å². The normalized spacial score (nSPS) is 20.4. The largest absolute Gasteiger partial charge is 0.495 e. The smallest absolute Gasteiger partial charge is 0.141 e. The summed E-state index contributed by atoms with van der Waals surface area (Å²) in [6.07, 6.45) is 0.00146. The molecule has 1 N–H and O–H groups in total. The van der Waals surface area contributed by atoms with Gasteiger partial charge >= 0.3 is 0 Å². The standard InChI is InChI=1S/C16H17BrO3/c1-16(2)12(18)8-11-13(17)15(19-3)10-7-5-4-6-9(10)14(11)20-16/h4-7,12,18H,8H2,1-3H3. The van der Waals surface area contributed by atoms with Gasteiger partial charge in [0.05, 0.1) is 17.7 Å². The highest BCUT2D eigenvalue weighted by molar-refractivity contribution is 9.10. The number of halogens is 1. The molecule has 106 valence electrons. The Labute approximate surface area is 126 Å². The first-order valence-electron chi connectivity index (χ1n) is 6.60. The molecule has 4 heteroatoms. The molecule has 1 aliphatic rings. The monoisotopic (exact) mass is 336 g/mol. The lowest BCUT2D eigenvalue weighted by Gasteiger charge is -2.38. The molecule has 20 heavy (non-hydrogen) atoms. The van der Waals surface area contributed by atoms with Gasteiger partial charge in [-0.05, 0) is 29.8 Å². The summed E-state index contributed by atoms with van der Waals surface area (Å²) in [6, 6.07) is 8.00. The number of rotatable bonds is 1. The van der Waals surface area contributed by atoms with Crippen LogP contribution in [0, 0.1) is 0 Å². The lowest BCUT2D eigenvalue weighted by Crippen LogP contribution is -2.46. The molecule has 1 heterocycles. The van der Waals surface area contributed by atoms with E-state index in [0.29, 0.717) is 6.42 Å². The summed E-state index contributed by atoms with van der Waals surface area (Å²) >= 11 is 3.60. The third-order valence-corrected chi connectivity index (χ3v) is 4.76. The van der Waals surface area contributed by atoms with Crippen LogP contribution in [0.2, 0.25) is 0 Å². The molecule has 3 nitrogen and oxygen atoms in total. The summed E-state index contributed by atoms with van der Waals surface area (Å²) in [7, 11) is 1.66. The number of hydrogen-bond donors (Lipinski definition) is 1. The first kappa shape index (κ1) is 13.7. The number of methoxy groups -OCH3 is 1. The first-order chi connectivity index (χ1) is 9.45. The number of aliphatic hydroxyl groups is 1. The third kappa shape index (κ3) is 1.90. The van der Waals surface area contributed by atoms with Gasteiger partial charge in [0.2, 0.25) is 0 Å². The Bertz CT molecular complexity index is 679. The first-order valence-corrected chi connectivity index (χ1v) is 7.39. The predicted octanol–water partition coefficient (Wildman–Crippen LogP) is 3.69. The predicted molar refractivity (Wildman–Crippen MR) is 82.6 cm³/mol. The van der Waals surface area contributed by atoms with Crippen molar-refractivity contribution in [3.8, 4) is 11.5 Å². The Balaban J connectivity index is 2.36. The molecule has 0 saturated heterocycles. The van der Waals surface area contributed by atoms with Crippen molar-refractivity contribution in [3.63, 3.8) is 0 Å². The van der Waals surface area contributed by atoms with Gasteiger partial charge in [0.1, 0.15) is 17.1 Å². The van der Waals surface area contributed by atoms with E-state index in [0.717, 1.165) is 32.3 Å². The zero-order valence-electron chi connectivity index (χ0n) is 11.7. The molecule has 1 unspecified atom stereocenters. The van der Waals surface area contributed by atoms with E-state index in [4.69, 9.17) is 9.47 Å².